The molecule has 0 aliphatic rings. The smallest absolute Gasteiger partial charge is 0.255 e. The Morgan fingerprint density at radius 1 is 0.700 bits per heavy atom. The summed E-state index contributed by atoms with van der Waals surface area (Å²) < 4.78 is 0. The van der Waals surface area contributed by atoms with Crippen LogP contribution in [0.15, 0.2) is 48.5 Å². The van der Waals surface area contributed by atoms with Gasteiger partial charge in [0.1, 0.15) is 5.75 Å². The van der Waals surface area contributed by atoms with Crippen LogP contribution in [0.4, 0.5) is 11.4 Å². The number of rotatable bonds is 4. The fourth-order valence-electron chi connectivity index (χ4n) is 2.79. The van der Waals surface area contributed by atoms with Gasteiger partial charge in [0, 0.05) is 22.5 Å². The fraction of sp³-hybridized carbons (Fsp3) is 0.0909. The molecule has 8 heteroatoms. The number of phenolic OH excluding ortho intramolecular Hbond substituents is 4. The molecule has 0 heterocycles. The highest BCUT2D eigenvalue weighted by molar-refractivity contribution is 6.07. The second kappa shape index (κ2) is 8.04. The SMILES string of the molecule is Cc1cc(C(=O)Nc2cccc(NC(=O)c3cc(O)c(O)c(O)c3)c2)cc(O)c1C. The minimum atomic E-state index is -0.714. The van der Waals surface area contributed by atoms with E-state index in [-0.39, 0.29) is 11.3 Å². The first-order chi connectivity index (χ1) is 14.2. The molecule has 0 saturated heterocycles. The van der Waals surface area contributed by atoms with Crippen LogP contribution in [-0.2, 0) is 0 Å². The van der Waals surface area contributed by atoms with Crippen LogP contribution in [0.25, 0.3) is 0 Å². The lowest BCUT2D eigenvalue weighted by molar-refractivity contribution is 0.101. The maximum absolute atomic E-state index is 12.5. The lowest BCUT2D eigenvalue weighted by atomic mass is 10.0. The second-order valence-corrected chi connectivity index (χ2v) is 6.79. The summed E-state index contributed by atoms with van der Waals surface area (Å²) in [6.45, 7) is 3.55. The summed E-state index contributed by atoms with van der Waals surface area (Å²) in [5, 5.41) is 43.7. The van der Waals surface area contributed by atoms with E-state index in [1.165, 1.54) is 12.1 Å². The van der Waals surface area contributed by atoms with Gasteiger partial charge in [0.2, 0.25) is 0 Å². The molecule has 154 valence electrons. The highest BCUT2D eigenvalue weighted by Gasteiger charge is 2.15. The van der Waals surface area contributed by atoms with E-state index in [0.29, 0.717) is 22.5 Å². The number of nitrogens with one attached hydrogen (secondary N) is 2. The van der Waals surface area contributed by atoms with Crippen LogP contribution < -0.4 is 10.6 Å². The zero-order valence-corrected chi connectivity index (χ0v) is 16.2. The number of amides is 2. The van der Waals surface area contributed by atoms with Crippen molar-refractivity contribution in [3.63, 3.8) is 0 Å². The molecule has 0 bridgehead atoms. The molecule has 3 rings (SSSR count). The van der Waals surface area contributed by atoms with Crippen molar-refractivity contribution in [3.8, 4) is 23.0 Å². The first kappa shape index (κ1) is 20.5. The third-order valence-electron chi connectivity index (χ3n) is 4.61. The molecular weight excluding hydrogens is 388 g/mol. The average Bonchev–Trinajstić information content (AvgIpc) is 2.69. The van der Waals surface area contributed by atoms with E-state index in [0.717, 1.165) is 17.7 Å². The summed E-state index contributed by atoms with van der Waals surface area (Å²) in [6.07, 6.45) is 0. The first-order valence-electron chi connectivity index (χ1n) is 8.93. The molecule has 0 radical (unpaired) electrons. The first-order valence-corrected chi connectivity index (χ1v) is 8.93. The van der Waals surface area contributed by atoms with Gasteiger partial charge in [-0.15, -0.1) is 0 Å². The third kappa shape index (κ3) is 4.27. The second-order valence-electron chi connectivity index (χ2n) is 6.79. The van der Waals surface area contributed by atoms with Gasteiger partial charge < -0.3 is 31.1 Å². The molecule has 0 aliphatic heterocycles. The van der Waals surface area contributed by atoms with Crippen molar-refractivity contribution in [2.24, 2.45) is 0 Å². The van der Waals surface area contributed by atoms with Crippen LogP contribution in [0.5, 0.6) is 23.0 Å². The Labute approximate surface area is 172 Å². The summed E-state index contributed by atoms with van der Waals surface area (Å²) in [4.78, 5) is 24.9. The zero-order valence-electron chi connectivity index (χ0n) is 16.2. The molecule has 6 N–H and O–H groups in total. The number of aromatic hydroxyl groups is 4. The van der Waals surface area contributed by atoms with E-state index >= 15 is 0 Å². The Morgan fingerprint density at radius 2 is 1.17 bits per heavy atom. The van der Waals surface area contributed by atoms with Gasteiger partial charge in [0.05, 0.1) is 0 Å². The lowest BCUT2D eigenvalue weighted by Crippen LogP contribution is -2.14. The predicted molar refractivity (Wildman–Crippen MR) is 111 cm³/mol. The van der Waals surface area contributed by atoms with E-state index in [1.54, 1.807) is 38.1 Å². The van der Waals surface area contributed by atoms with Gasteiger partial charge in [0.25, 0.3) is 11.8 Å². The molecule has 30 heavy (non-hydrogen) atoms. The lowest BCUT2D eigenvalue weighted by Gasteiger charge is -2.11. The van der Waals surface area contributed by atoms with Crippen molar-refractivity contribution in [2.75, 3.05) is 10.6 Å². The maximum Gasteiger partial charge on any atom is 0.255 e. The molecule has 0 spiro atoms. The number of hydrogen-bond acceptors (Lipinski definition) is 6. The van der Waals surface area contributed by atoms with Crippen molar-refractivity contribution in [2.45, 2.75) is 13.8 Å². The molecule has 2 amide bonds. The molecule has 0 saturated carbocycles. The highest BCUT2D eigenvalue weighted by Crippen LogP contribution is 2.35. The standard InChI is InChI=1S/C22H20N2O6/c1-11-6-13(7-17(25)12(11)2)21(29)23-15-4-3-5-16(10-15)24-22(30)14-8-18(26)20(28)19(27)9-14/h3-10,25-28H,1-2H3,(H,23,29)(H,24,30). The van der Waals surface area contributed by atoms with Gasteiger partial charge in [0.15, 0.2) is 17.2 Å². The quantitative estimate of drug-likeness (QED) is 0.365. The van der Waals surface area contributed by atoms with Crippen LogP contribution in [-0.4, -0.2) is 32.2 Å². The molecule has 0 aromatic heterocycles. The topological polar surface area (TPSA) is 139 Å². The van der Waals surface area contributed by atoms with Gasteiger partial charge >= 0.3 is 0 Å². The van der Waals surface area contributed by atoms with Crippen LogP contribution in [0.1, 0.15) is 31.8 Å². The minimum absolute atomic E-state index is 0.0292. The van der Waals surface area contributed by atoms with Crippen molar-refractivity contribution in [1.29, 1.82) is 0 Å². The molecule has 3 aromatic carbocycles. The minimum Gasteiger partial charge on any atom is -0.508 e. The molecule has 0 fully saturated rings. The van der Waals surface area contributed by atoms with Crippen molar-refractivity contribution in [1.82, 2.24) is 0 Å². The molecule has 0 unspecified atom stereocenters. The van der Waals surface area contributed by atoms with E-state index < -0.39 is 29.1 Å². The number of hydrogen-bond donors (Lipinski definition) is 6. The zero-order chi connectivity index (χ0) is 22.0. The van der Waals surface area contributed by atoms with Gasteiger partial charge in [-0.3, -0.25) is 9.59 Å². The normalized spacial score (nSPS) is 10.5. The summed E-state index contributed by atoms with van der Waals surface area (Å²) >= 11 is 0. The summed E-state index contributed by atoms with van der Waals surface area (Å²) in [5.41, 5.74) is 2.46. The van der Waals surface area contributed by atoms with E-state index in [1.807, 2.05) is 0 Å². The van der Waals surface area contributed by atoms with Gasteiger partial charge in [-0.05, 0) is 67.4 Å². The van der Waals surface area contributed by atoms with Crippen LogP contribution >= 0.6 is 0 Å². The Morgan fingerprint density at radius 3 is 1.67 bits per heavy atom. The van der Waals surface area contributed by atoms with Gasteiger partial charge in [-0.25, -0.2) is 0 Å². The van der Waals surface area contributed by atoms with Crippen LogP contribution in [0.2, 0.25) is 0 Å². The Balaban J connectivity index is 1.76. The van der Waals surface area contributed by atoms with Crippen molar-refractivity contribution in [3.05, 3.63) is 70.8 Å². The highest BCUT2D eigenvalue weighted by atomic mass is 16.3. The van der Waals surface area contributed by atoms with Crippen molar-refractivity contribution >= 4 is 23.2 Å². The number of carbonyl (C=O) groups is 2. The van der Waals surface area contributed by atoms with Crippen molar-refractivity contribution < 1.29 is 30.0 Å². The number of benzene rings is 3. The van der Waals surface area contributed by atoms with Crippen LogP contribution in [0, 0.1) is 13.8 Å². The predicted octanol–water partition coefficient (Wildman–Crippen LogP) is 3.63. The maximum atomic E-state index is 12.5. The number of anilines is 2. The Hall–Kier alpha value is -4.20. The molecule has 8 nitrogen and oxygen atoms in total. The van der Waals surface area contributed by atoms with Crippen LogP contribution in [0.3, 0.4) is 0 Å². The fourth-order valence-corrected chi connectivity index (χ4v) is 2.79. The van der Waals surface area contributed by atoms with Gasteiger partial charge in [-0.1, -0.05) is 6.07 Å². The van der Waals surface area contributed by atoms with E-state index in [2.05, 4.69) is 10.6 Å². The number of phenols is 4. The monoisotopic (exact) mass is 408 g/mol. The van der Waals surface area contributed by atoms with E-state index in [9.17, 15) is 30.0 Å². The summed E-state index contributed by atoms with van der Waals surface area (Å²) in [6, 6.07) is 11.4. The largest absolute Gasteiger partial charge is 0.508 e. The Bertz CT molecular complexity index is 1020. The van der Waals surface area contributed by atoms with E-state index in [4.69, 9.17) is 0 Å². The number of aryl methyl sites for hydroxylation is 1. The van der Waals surface area contributed by atoms with Gasteiger partial charge in [-0.2, -0.15) is 0 Å². The number of carbonyl (C=O) groups excluding carboxylic acids is 2. The summed E-state index contributed by atoms with van der Waals surface area (Å²) in [5.74, 6) is -3.00. The molecular formula is C22H20N2O6. The molecule has 0 atom stereocenters. The average molecular weight is 408 g/mol. The molecule has 3 aromatic rings. The Kier molecular flexibility index (Phi) is 5.50. The third-order valence-corrected chi connectivity index (χ3v) is 4.61. The summed E-state index contributed by atoms with van der Waals surface area (Å²) in [7, 11) is 0. The molecule has 0 aliphatic carbocycles.